The maximum atomic E-state index is 7.43. The second kappa shape index (κ2) is 14.9. The number of ether oxygens (including phenoxy) is 4. The Morgan fingerprint density at radius 2 is 0.781 bits per heavy atom. The van der Waals surface area contributed by atoms with Crippen molar-refractivity contribution in [3.05, 3.63) is 126 Å². The Morgan fingerprint density at radius 3 is 1.26 bits per heavy atom. The maximum absolute atomic E-state index is 7.43. The van der Waals surface area contributed by atoms with Gasteiger partial charge in [-0.15, -0.1) is 22.7 Å². The Morgan fingerprint density at radius 1 is 0.397 bits per heavy atom. The summed E-state index contributed by atoms with van der Waals surface area (Å²) in [5, 5.41) is 2.32. The smallest absolute Gasteiger partial charge is 0.273 e. The lowest BCUT2D eigenvalue weighted by Gasteiger charge is -2.43. The Balaban J connectivity index is 1.00. The van der Waals surface area contributed by atoms with E-state index in [0.717, 1.165) is 79.4 Å². The second-order valence-electron chi connectivity index (χ2n) is 23.6. The summed E-state index contributed by atoms with van der Waals surface area (Å²) in [7, 11) is 0. The summed E-state index contributed by atoms with van der Waals surface area (Å²) in [6, 6.07) is 41.2. The van der Waals surface area contributed by atoms with E-state index in [9.17, 15) is 0 Å². The van der Waals surface area contributed by atoms with Gasteiger partial charge in [0.15, 0.2) is 0 Å². The van der Waals surface area contributed by atoms with Crippen LogP contribution in [0.4, 0.5) is 22.7 Å². The lowest BCUT2D eigenvalue weighted by Crippen LogP contribution is -2.64. The average molecular weight is 1020 g/mol. The van der Waals surface area contributed by atoms with Crippen LogP contribution in [-0.4, -0.2) is 32.6 Å². The molecule has 0 amide bonds. The van der Waals surface area contributed by atoms with Crippen molar-refractivity contribution in [3.63, 3.8) is 0 Å². The minimum atomic E-state index is -0.142. The van der Waals surface area contributed by atoms with Gasteiger partial charge in [0.05, 0.1) is 22.7 Å². The minimum Gasteiger partial charge on any atom is -0.458 e. The Labute approximate surface area is 444 Å². The van der Waals surface area contributed by atoms with Gasteiger partial charge >= 0.3 is 0 Å². The first kappa shape index (κ1) is 44.6. The maximum Gasteiger partial charge on any atom is 0.273 e. The molecule has 6 aliphatic heterocycles. The predicted molar refractivity (Wildman–Crippen MR) is 318 cm³/mol. The molecule has 2 aromatic heterocycles. The molecular weight excluding hydrogens is 973 g/mol. The van der Waals surface area contributed by atoms with Crippen LogP contribution >= 0.6 is 46.6 Å². The molecule has 15 rings (SSSR count). The van der Waals surface area contributed by atoms with E-state index in [1.165, 1.54) is 74.0 Å². The highest BCUT2D eigenvalue weighted by molar-refractivity contribution is 8.00. The van der Waals surface area contributed by atoms with Crippen molar-refractivity contribution in [1.29, 1.82) is 0 Å². The molecule has 6 aliphatic rings. The zero-order valence-electron chi connectivity index (χ0n) is 42.8. The van der Waals surface area contributed by atoms with Crippen LogP contribution in [0.3, 0.4) is 0 Å². The zero-order chi connectivity index (χ0) is 49.9. The highest BCUT2D eigenvalue weighted by Crippen LogP contribution is 2.49. The van der Waals surface area contributed by atoms with Gasteiger partial charge in [0.25, 0.3) is 20.1 Å². The Bertz CT molecular complexity index is 3970. The van der Waals surface area contributed by atoms with Gasteiger partial charge in [-0.1, -0.05) is 98.7 Å². The van der Waals surface area contributed by atoms with E-state index in [0.29, 0.717) is 0 Å². The molecule has 0 radical (unpaired) electrons. The lowest BCUT2D eigenvalue weighted by atomic mass is 9.31. The Kier molecular flexibility index (Phi) is 9.13. The molecule has 9 aromatic rings. The summed E-state index contributed by atoms with van der Waals surface area (Å²) in [5.74, 6) is 7.34. The fraction of sp³-hybridized carbons (Fsp3) is 0.233. The lowest BCUT2D eigenvalue weighted by molar-refractivity contribution is 0.461. The second-order valence-corrected chi connectivity index (χ2v) is 27.2. The molecule has 0 atom stereocenters. The molecule has 0 fully saturated rings. The molecule has 0 saturated heterocycles. The van der Waals surface area contributed by atoms with Crippen molar-refractivity contribution < 1.29 is 18.9 Å². The summed E-state index contributed by atoms with van der Waals surface area (Å²) in [4.78, 5) is 0. The molecule has 358 valence electrons. The van der Waals surface area contributed by atoms with Gasteiger partial charge in [-0.25, -0.2) is 0 Å². The van der Waals surface area contributed by atoms with E-state index in [2.05, 4.69) is 193 Å². The third-order valence-electron chi connectivity index (χ3n) is 16.2. The first-order chi connectivity index (χ1) is 35.0. The van der Waals surface area contributed by atoms with Crippen LogP contribution in [0.25, 0.3) is 20.2 Å². The fourth-order valence-corrected chi connectivity index (χ4v) is 16.4. The third kappa shape index (κ3) is 6.17. The Hall–Kier alpha value is -5.85. The molecule has 73 heavy (non-hydrogen) atoms. The summed E-state index contributed by atoms with van der Waals surface area (Å²) in [6.45, 7) is 20.3. The molecule has 0 N–H and O–H groups in total. The number of hydrogen-bond donors (Lipinski definition) is 0. The monoisotopic (exact) mass is 1020 g/mol. The highest BCUT2D eigenvalue weighted by Gasteiger charge is 2.50. The van der Waals surface area contributed by atoms with Crippen molar-refractivity contribution in [1.82, 2.24) is 0 Å². The van der Waals surface area contributed by atoms with Gasteiger partial charge in [-0.05, 0) is 150 Å². The van der Waals surface area contributed by atoms with E-state index in [1.54, 1.807) is 23.9 Å². The van der Waals surface area contributed by atoms with E-state index >= 15 is 0 Å². The normalized spacial score (nSPS) is 15.2. The molecule has 0 spiro atoms. The number of anilines is 4. The van der Waals surface area contributed by atoms with Crippen molar-refractivity contribution >= 4 is 157 Å². The van der Waals surface area contributed by atoms with Gasteiger partial charge in [0.1, 0.15) is 46.0 Å². The van der Waals surface area contributed by atoms with Crippen LogP contribution in [-0.2, 0) is 16.2 Å². The summed E-state index contributed by atoms with van der Waals surface area (Å²) in [5.41, 5.74) is 16.3. The number of fused-ring (bicyclic) bond motifs is 16. The number of hydrogen-bond acceptors (Lipinski definition) is 10. The molecule has 8 heterocycles. The van der Waals surface area contributed by atoms with Crippen LogP contribution in [0, 0.1) is 0 Å². The summed E-state index contributed by atoms with van der Waals surface area (Å²) in [6.07, 6.45) is 4.39. The van der Waals surface area contributed by atoms with E-state index in [-0.39, 0.29) is 36.4 Å². The highest BCUT2D eigenvalue weighted by atomic mass is 32.2. The number of thiophene rings is 2. The standard InChI is InChI=1S/C60H51B3N2O4S4/c1-58(2,3)30-20-41-51-45(22-30)66-43-29-40-36(62-52-42(65(40)71-11)21-31(59(4,5)6)23-46(52)68-54-33-16-12-14-18-49(33)72-56(54)62)27-37(43)61(51)35-26-38-44(28-39(35)64(41)70-10)67-47-24-32(60(7,8)9)25-48-53(47)63(38)57-55(69-48)34-17-13-15-19-50(34)73-57/h12-29H,1-11H3. The first-order valence-corrected chi connectivity index (χ1v) is 29.3. The van der Waals surface area contributed by atoms with Gasteiger partial charge < -0.3 is 18.9 Å². The largest absolute Gasteiger partial charge is 0.458 e. The predicted octanol–water partition coefficient (Wildman–Crippen LogP) is 11.4. The first-order valence-electron chi connectivity index (χ1n) is 25.3. The molecule has 0 unspecified atom stereocenters. The topological polar surface area (TPSA) is 43.4 Å². The molecular formula is C60H51B3N2O4S4. The van der Waals surface area contributed by atoms with Crippen molar-refractivity contribution in [2.24, 2.45) is 0 Å². The van der Waals surface area contributed by atoms with Crippen molar-refractivity contribution in [3.8, 4) is 46.0 Å². The zero-order valence-corrected chi connectivity index (χ0v) is 46.1. The van der Waals surface area contributed by atoms with E-state index < -0.39 is 0 Å². The SMILES string of the molecule is CSN1c2cc3c(cc2B2c4cc5c(cc4Oc4cc(C(C)(C)C)cc1c42)N(SC)c1cc(C(C)(C)C)cc2c1B5c1sc4ccccc4c1O2)B1c2sc4ccccc4c2Oc2cc(C(C)(C)C)cc(c21)O3. The van der Waals surface area contributed by atoms with Crippen LogP contribution in [0.5, 0.6) is 46.0 Å². The van der Waals surface area contributed by atoms with Crippen LogP contribution in [0.15, 0.2) is 109 Å². The minimum absolute atomic E-state index is 0.0442. The third-order valence-corrected chi connectivity index (χ3v) is 20.1. The van der Waals surface area contributed by atoms with Crippen LogP contribution in [0.2, 0.25) is 0 Å². The van der Waals surface area contributed by atoms with Gasteiger partial charge in [0.2, 0.25) is 0 Å². The summed E-state index contributed by atoms with van der Waals surface area (Å²) >= 11 is 7.20. The molecule has 7 aromatic carbocycles. The molecule has 0 bridgehead atoms. The quantitative estimate of drug-likeness (QED) is 0.125. The van der Waals surface area contributed by atoms with Gasteiger partial charge in [-0.3, -0.25) is 8.61 Å². The average Bonchev–Trinajstić information content (AvgIpc) is 3.92. The van der Waals surface area contributed by atoms with Gasteiger partial charge in [-0.2, -0.15) is 0 Å². The van der Waals surface area contributed by atoms with Crippen LogP contribution in [0.1, 0.15) is 79.0 Å². The number of benzene rings is 7. The number of nitrogens with zero attached hydrogens (tertiary/aromatic N) is 2. The fourth-order valence-electron chi connectivity index (χ4n) is 12.4. The van der Waals surface area contributed by atoms with Crippen molar-refractivity contribution in [2.75, 3.05) is 21.1 Å². The van der Waals surface area contributed by atoms with Crippen LogP contribution < -0.4 is 75.4 Å². The summed E-state index contributed by atoms with van der Waals surface area (Å²) < 4.78 is 38.7. The van der Waals surface area contributed by atoms with E-state index in [1.807, 2.05) is 22.7 Å². The number of rotatable bonds is 2. The molecule has 0 aliphatic carbocycles. The molecule has 0 saturated carbocycles. The van der Waals surface area contributed by atoms with E-state index in [4.69, 9.17) is 18.9 Å². The van der Waals surface area contributed by atoms with Gasteiger partial charge in [0, 0.05) is 59.8 Å². The molecule has 13 heteroatoms. The van der Waals surface area contributed by atoms with Crippen molar-refractivity contribution in [2.45, 2.75) is 78.6 Å². The molecule has 6 nitrogen and oxygen atoms in total.